The maximum absolute atomic E-state index is 13.3. The molecule has 1 aromatic rings. The zero-order valence-electron chi connectivity index (χ0n) is 22.8. The van der Waals surface area contributed by atoms with Crippen molar-refractivity contribution < 1.29 is 24.3 Å². The number of hydrogen-bond donors (Lipinski definition) is 10. The number of amides is 3. The summed E-state index contributed by atoms with van der Waals surface area (Å²) in [6.07, 6.45) is 3.96. The summed E-state index contributed by atoms with van der Waals surface area (Å²) in [5.41, 5.74) is 28.0. The summed E-state index contributed by atoms with van der Waals surface area (Å²) < 4.78 is 0. The lowest BCUT2D eigenvalue weighted by molar-refractivity contribution is -0.143. The molecule has 0 radical (unpaired) electrons. The van der Waals surface area contributed by atoms with Crippen LogP contribution in [0.25, 0.3) is 0 Å². The van der Waals surface area contributed by atoms with Crippen LogP contribution in [0.2, 0.25) is 0 Å². The van der Waals surface area contributed by atoms with Crippen LogP contribution in [-0.4, -0.2) is 87.9 Å². The summed E-state index contributed by atoms with van der Waals surface area (Å²) in [6.45, 7) is 3.65. The van der Waals surface area contributed by atoms with Crippen LogP contribution in [0, 0.1) is 5.92 Å². The molecule has 0 aliphatic rings. The molecule has 0 saturated heterocycles. The predicted octanol–water partition coefficient (Wildman–Crippen LogP) is -3.42. The lowest BCUT2D eigenvalue weighted by Gasteiger charge is -2.26. The van der Waals surface area contributed by atoms with Gasteiger partial charge >= 0.3 is 5.97 Å². The van der Waals surface area contributed by atoms with Crippen molar-refractivity contribution in [3.05, 3.63) is 18.2 Å². The zero-order chi connectivity index (χ0) is 30.2. The summed E-state index contributed by atoms with van der Waals surface area (Å²) in [5.74, 6) is -3.88. The molecule has 0 spiro atoms. The number of rotatable bonds is 18. The highest BCUT2D eigenvalue weighted by Crippen LogP contribution is 2.07. The Morgan fingerprint density at radius 3 is 1.82 bits per heavy atom. The standard InChI is InChI=1S/C23H42N12O5/c1-12(2)17(21(39)40)35-20(38)16(6-4-8-31-23(27)28)34-19(37)15(5-3-7-30-22(25)26)33-18(36)14(24)9-13-10-29-11-32-13/h10-12,14-17H,3-9,24H2,1-2H3,(H,29,32)(H,33,36)(H,34,37)(H,35,38)(H,39,40)(H4,25,26,30)(H4,27,28,31). The molecular formula is C23H42N12O5. The van der Waals surface area contributed by atoms with Gasteiger partial charge in [0, 0.05) is 31.4 Å². The first-order valence-electron chi connectivity index (χ1n) is 12.8. The minimum atomic E-state index is -1.22. The van der Waals surface area contributed by atoms with E-state index in [-0.39, 0.29) is 44.3 Å². The van der Waals surface area contributed by atoms with E-state index in [1.807, 2.05) is 0 Å². The molecule has 224 valence electrons. The van der Waals surface area contributed by atoms with Gasteiger partial charge in [-0.1, -0.05) is 13.8 Å². The number of nitrogens with zero attached hydrogens (tertiary/aromatic N) is 3. The molecule has 1 heterocycles. The van der Waals surface area contributed by atoms with Gasteiger partial charge in [0.2, 0.25) is 17.7 Å². The topological polar surface area (TPSA) is 308 Å². The number of aliphatic carboxylic acids is 1. The second-order valence-corrected chi connectivity index (χ2v) is 9.48. The fourth-order valence-corrected chi connectivity index (χ4v) is 3.59. The third-order valence-electron chi connectivity index (χ3n) is 5.72. The Hall–Kier alpha value is -4.41. The van der Waals surface area contributed by atoms with Crippen LogP contribution < -0.4 is 44.6 Å². The summed E-state index contributed by atoms with van der Waals surface area (Å²) >= 11 is 0. The van der Waals surface area contributed by atoms with Gasteiger partial charge in [0.15, 0.2) is 11.9 Å². The van der Waals surface area contributed by atoms with Crippen LogP contribution in [0.3, 0.4) is 0 Å². The van der Waals surface area contributed by atoms with Gasteiger partial charge in [-0.05, 0) is 31.6 Å². The normalized spacial score (nSPS) is 13.8. The quantitative estimate of drug-likeness (QED) is 0.0473. The number of carboxylic acids is 1. The fourth-order valence-electron chi connectivity index (χ4n) is 3.59. The molecule has 3 amide bonds. The molecule has 0 bridgehead atoms. The molecule has 1 rings (SSSR count). The highest BCUT2D eigenvalue weighted by molar-refractivity contribution is 5.94. The van der Waals surface area contributed by atoms with Gasteiger partial charge < -0.3 is 54.7 Å². The first kappa shape index (κ1) is 33.6. The number of guanidine groups is 2. The van der Waals surface area contributed by atoms with Gasteiger partial charge in [-0.3, -0.25) is 24.4 Å². The van der Waals surface area contributed by atoms with E-state index in [2.05, 4.69) is 35.9 Å². The van der Waals surface area contributed by atoms with Gasteiger partial charge in [0.1, 0.15) is 18.1 Å². The van der Waals surface area contributed by atoms with E-state index in [9.17, 15) is 24.3 Å². The number of carboxylic acid groups (broad SMARTS) is 1. The lowest BCUT2D eigenvalue weighted by Crippen LogP contribution is -2.57. The SMILES string of the molecule is CC(C)C(NC(=O)C(CCCN=C(N)N)NC(=O)C(CCCN=C(N)N)NC(=O)C(N)Cc1cnc[nH]1)C(=O)O. The number of nitrogens with one attached hydrogen (secondary N) is 4. The summed E-state index contributed by atoms with van der Waals surface area (Å²) in [7, 11) is 0. The van der Waals surface area contributed by atoms with E-state index < -0.39 is 53.8 Å². The van der Waals surface area contributed by atoms with Crippen LogP contribution in [-0.2, 0) is 25.6 Å². The van der Waals surface area contributed by atoms with E-state index in [1.165, 1.54) is 12.5 Å². The molecule has 15 N–H and O–H groups in total. The molecule has 1 aromatic heterocycles. The number of imidazole rings is 1. The highest BCUT2D eigenvalue weighted by Gasteiger charge is 2.31. The number of H-pyrrole nitrogens is 1. The number of aromatic nitrogens is 2. The van der Waals surface area contributed by atoms with Gasteiger partial charge in [-0.15, -0.1) is 0 Å². The first-order chi connectivity index (χ1) is 18.8. The van der Waals surface area contributed by atoms with Crippen LogP contribution >= 0.6 is 0 Å². The highest BCUT2D eigenvalue weighted by atomic mass is 16.4. The van der Waals surface area contributed by atoms with Crippen molar-refractivity contribution in [3.8, 4) is 0 Å². The Balaban J connectivity index is 3.06. The van der Waals surface area contributed by atoms with Crippen molar-refractivity contribution in [3.63, 3.8) is 0 Å². The van der Waals surface area contributed by atoms with E-state index in [0.717, 1.165) is 0 Å². The molecule has 0 fully saturated rings. The van der Waals surface area contributed by atoms with Crippen molar-refractivity contribution in [1.29, 1.82) is 0 Å². The van der Waals surface area contributed by atoms with E-state index in [0.29, 0.717) is 18.5 Å². The third kappa shape index (κ3) is 12.9. The lowest BCUT2D eigenvalue weighted by atomic mass is 10.0. The van der Waals surface area contributed by atoms with Crippen LogP contribution in [0.5, 0.6) is 0 Å². The number of carbonyl (C=O) groups excluding carboxylic acids is 3. The van der Waals surface area contributed by atoms with Crippen LogP contribution in [0.1, 0.15) is 45.2 Å². The van der Waals surface area contributed by atoms with Gasteiger partial charge in [0.25, 0.3) is 0 Å². The van der Waals surface area contributed by atoms with E-state index in [4.69, 9.17) is 28.7 Å². The third-order valence-corrected chi connectivity index (χ3v) is 5.72. The summed E-state index contributed by atoms with van der Waals surface area (Å²) in [4.78, 5) is 65.3. The second-order valence-electron chi connectivity index (χ2n) is 9.48. The maximum atomic E-state index is 13.3. The van der Waals surface area contributed by atoms with Crippen LogP contribution in [0.15, 0.2) is 22.5 Å². The molecule has 0 saturated carbocycles. The van der Waals surface area contributed by atoms with Gasteiger partial charge in [-0.2, -0.15) is 0 Å². The molecular weight excluding hydrogens is 524 g/mol. The predicted molar refractivity (Wildman–Crippen MR) is 148 cm³/mol. The minimum Gasteiger partial charge on any atom is -0.480 e. The number of nitrogens with two attached hydrogens (primary N) is 5. The number of hydrogen-bond acceptors (Lipinski definition) is 8. The number of aliphatic imine (C=N–C) groups is 2. The van der Waals surface area contributed by atoms with Crippen molar-refractivity contribution in [2.75, 3.05) is 13.1 Å². The van der Waals surface area contributed by atoms with Crippen molar-refractivity contribution in [2.24, 2.45) is 44.6 Å². The van der Waals surface area contributed by atoms with Crippen molar-refractivity contribution >= 4 is 35.6 Å². The molecule has 40 heavy (non-hydrogen) atoms. The Morgan fingerprint density at radius 2 is 1.40 bits per heavy atom. The fraction of sp³-hybridized carbons (Fsp3) is 0.609. The van der Waals surface area contributed by atoms with Crippen LogP contribution in [0.4, 0.5) is 0 Å². The van der Waals surface area contributed by atoms with Crippen molar-refractivity contribution in [1.82, 2.24) is 25.9 Å². The van der Waals surface area contributed by atoms with E-state index in [1.54, 1.807) is 13.8 Å². The smallest absolute Gasteiger partial charge is 0.326 e. The minimum absolute atomic E-state index is 0.0901. The molecule has 17 heteroatoms. The second kappa shape index (κ2) is 17.2. The van der Waals surface area contributed by atoms with Gasteiger partial charge in [-0.25, -0.2) is 9.78 Å². The molecule has 4 unspecified atom stereocenters. The van der Waals surface area contributed by atoms with Crippen molar-refractivity contribution in [2.45, 2.75) is 70.1 Å². The largest absolute Gasteiger partial charge is 0.480 e. The Morgan fingerprint density at radius 1 is 0.900 bits per heavy atom. The number of carbonyl (C=O) groups is 4. The summed E-state index contributed by atoms with van der Waals surface area (Å²) in [5, 5.41) is 17.2. The Labute approximate surface area is 232 Å². The zero-order valence-corrected chi connectivity index (χ0v) is 22.8. The average Bonchev–Trinajstić information content (AvgIpc) is 3.38. The molecule has 0 aromatic carbocycles. The summed E-state index contributed by atoms with van der Waals surface area (Å²) in [6, 6.07) is -4.41. The van der Waals surface area contributed by atoms with E-state index >= 15 is 0 Å². The first-order valence-corrected chi connectivity index (χ1v) is 12.8. The number of aromatic amines is 1. The molecule has 4 atom stereocenters. The molecule has 0 aliphatic heterocycles. The monoisotopic (exact) mass is 566 g/mol. The molecule has 17 nitrogen and oxygen atoms in total. The molecule has 0 aliphatic carbocycles. The van der Waals surface area contributed by atoms with Gasteiger partial charge in [0.05, 0.1) is 12.4 Å². The Kier molecular flexibility index (Phi) is 14.5. The maximum Gasteiger partial charge on any atom is 0.326 e. The average molecular weight is 567 g/mol. The Bertz CT molecular complexity index is 1020.